The van der Waals surface area contributed by atoms with Gasteiger partial charge in [0, 0.05) is 18.3 Å². The van der Waals surface area contributed by atoms with E-state index in [1.165, 1.54) is 44.1 Å². The number of hydrogen-bond donors (Lipinski definition) is 1. The molecule has 1 aromatic heterocycles. The minimum absolute atomic E-state index is 0.567. The Balaban J connectivity index is 2.36. The molecule has 0 spiro atoms. The second-order valence-electron chi connectivity index (χ2n) is 5.37. The molecule has 3 heteroatoms. The second-order valence-corrected chi connectivity index (χ2v) is 5.37. The van der Waals surface area contributed by atoms with Crippen LogP contribution in [0.3, 0.4) is 0 Å². The third-order valence-electron chi connectivity index (χ3n) is 3.64. The lowest BCUT2D eigenvalue weighted by Crippen LogP contribution is -2.30. The predicted octanol–water partition coefficient (Wildman–Crippen LogP) is 3.97. The first-order valence-electron chi connectivity index (χ1n) is 8.02. The first-order chi connectivity index (χ1) is 9.80. The van der Waals surface area contributed by atoms with Crippen molar-refractivity contribution in [3.05, 3.63) is 23.9 Å². The highest BCUT2D eigenvalue weighted by atomic mass is 16.5. The Morgan fingerprint density at radius 3 is 2.55 bits per heavy atom. The molecular weight excluding hydrogens is 248 g/mol. The van der Waals surface area contributed by atoms with Gasteiger partial charge in [-0.15, -0.1) is 0 Å². The zero-order valence-corrected chi connectivity index (χ0v) is 13.3. The van der Waals surface area contributed by atoms with Gasteiger partial charge in [-0.2, -0.15) is 0 Å². The number of aromatic nitrogens is 1. The summed E-state index contributed by atoms with van der Waals surface area (Å²) >= 11 is 0. The number of rotatable bonds is 11. The summed E-state index contributed by atoms with van der Waals surface area (Å²) in [5, 5.41) is 3.59. The highest BCUT2D eigenvalue weighted by Crippen LogP contribution is 2.13. The molecule has 0 saturated heterocycles. The van der Waals surface area contributed by atoms with Crippen molar-refractivity contribution in [2.24, 2.45) is 0 Å². The molecule has 1 atom stereocenters. The van der Waals surface area contributed by atoms with Crippen LogP contribution in [0.5, 0.6) is 5.88 Å². The van der Waals surface area contributed by atoms with Crippen LogP contribution in [0.2, 0.25) is 0 Å². The summed E-state index contributed by atoms with van der Waals surface area (Å²) < 4.78 is 5.10. The zero-order valence-electron chi connectivity index (χ0n) is 13.3. The summed E-state index contributed by atoms with van der Waals surface area (Å²) in [6.45, 7) is 5.47. The van der Waals surface area contributed by atoms with E-state index in [-0.39, 0.29) is 0 Å². The molecule has 0 saturated carbocycles. The van der Waals surface area contributed by atoms with Crippen LogP contribution in [0.1, 0.15) is 57.9 Å². The lowest BCUT2D eigenvalue weighted by atomic mass is 10.0. The fraction of sp³-hybridized carbons (Fsp3) is 0.706. The standard InChI is InChI=1S/C17H30N2O/c1-4-6-7-8-9-10-16(18-5-2)13-15-11-12-17(20-3)19-14-15/h11-12,14,16,18H,4-10,13H2,1-3H3. The van der Waals surface area contributed by atoms with Crippen molar-refractivity contribution in [2.75, 3.05) is 13.7 Å². The van der Waals surface area contributed by atoms with Gasteiger partial charge in [-0.3, -0.25) is 0 Å². The van der Waals surface area contributed by atoms with Gasteiger partial charge in [-0.05, 0) is 24.9 Å². The predicted molar refractivity (Wildman–Crippen MR) is 85.3 cm³/mol. The van der Waals surface area contributed by atoms with Crippen LogP contribution in [-0.4, -0.2) is 24.7 Å². The molecule has 0 amide bonds. The van der Waals surface area contributed by atoms with Gasteiger partial charge in [0.2, 0.25) is 5.88 Å². The monoisotopic (exact) mass is 278 g/mol. The molecule has 1 rings (SSSR count). The van der Waals surface area contributed by atoms with E-state index in [0.717, 1.165) is 13.0 Å². The maximum Gasteiger partial charge on any atom is 0.212 e. The van der Waals surface area contributed by atoms with Crippen LogP contribution in [0.25, 0.3) is 0 Å². The van der Waals surface area contributed by atoms with Crippen LogP contribution < -0.4 is 10.1 Å². The molecule has 1 aromatic rings. The maximum atomic E-state index is 5.10. The number of likely N-dealkylation sites (N-methyl/N-ethyl adjacent to an activating group) is 1. The van der Waals surface area contributed by atoms with E-state index in [9.17, 15) is 0 Å². The number of unbranched alkanes of at least 4 members (excludes halogenated alkanes) is 4. The average molecular weight is 278 g/mol. The number of nitrogens with one attached hydrogen (secondary N) is 1. The van der Waals surface area contributed by atoms with Crippen LogP contribution >= 0.6 is 0 Å². The third-order valence-corrected chi connectivity index (χ3v) is 3.64. The lowest BCUT2D eigenvalue weighted by Gasteiger charge is -2.18. The molecule has 3 nitrogen and oxygen atoms in total. The van der Waals surface area contributed by atoms with Gasteiger partial charge in [0.1, 0.15) is 0 Å². The molecule has 1 heterocycles. The molecule has 20 heavy (non-hydrogen) atoms. The van der Waals surface area contributed by atoms with Crippen molar-refractivity contribution in [1.82, 2.24) is 10.3 Å². The Morgan fingerprint density at radius 2 is 1.95 bits per heavy atom. The molecule has 0 aliphatic carbocycles. The largest absolute Gasteiger partial charge is 0.481 e. The van der Waals surface area contributed by atoms with Gasteiger partial charge < -0.3 is 10.1 Å². The van der Waals surface area contributed by atoms with E-state index in [2.05, 4.69) is 30.2 Å². The van der Waals surface area contributed by atoms with Gasteiger partial charge in [0.25, 0.3) is 0 Å². The summed E-state index contributed by atoms with van der Waals surface area (Å²) in [6, 6.07) is 4.63. The fourth-order valence-corrected chi connectivity index (χ4v) is 2.50. The number of methoxy groups -OCH3 is 1. The van der Waals surface area contributed by atoms with Crippen molar-refractivity contribution >= 4 is 0 Å². The molecule has 114 valence electrons. The highest BCUT2D eigenvalue weighted by molar-refractivity contribution is 5.18. The Kier molecular flexibility index (Phi) is 9.05. The summed E-state index contributed by atoms with van der Waals surface area (Å²) in [6.07, 6.45) is 11.0. The van der Waals surface area contributed by atoms with Crippen molar-refractivity contribution in [1.29, 1.82) is 0 Å². The van der Waals surface area contributed by atoms with Crippen LogP contribution in [0.4, 0.5) is 0 Å². The van der Waals surface area contributed by atoms with E-state index >= 15 is 0 Å². The van der Waals surface area contributed by atoms with E-state index < -0.39 is 0 Å². The van der Waals surface area contributed by atoms with Gasteiger partial charge in [0.05, 0.1) is 7.11 Å². The molecule has 0 aromatic carbocycles. The minimum Gasteiger partial charge on any atom is -0.481 e. The van der Waals surface area contributed by atoms with Crippen molar-refractivity contribution < 1.29 is 4.74 Å². The quantitative estimate of drug-likeness (QED) is 0.622. The Morgan fingerprint density at radius 1 is 1.15 bits per heavy atom. The highest BCUT2D eigenvalue weighted by Gasteiger charge is 2.08. The average Bonchev–Trinajstić information content (AvgIpc) is 2.48. The van der Waals surface area contributed by atoms with Gasteiger partial charge in [0.15, 0.2) is 0 Å². The topological polar surface area (TPSA) is 34.1 Å². The molecule has 0 bridgehead atoms. The van der Waals surface area contributed by atoms with Gasteiger partial charge >= 0.3 is 0 Å². The molecule has 1 N–H and O–H groups in total. The maximum absolute atomic E-state index is 5.10. The third kappa shape index (κ3) is 6.90. The van der Waals surface area contributed by atoms with Crippen LogP contribution in [-0.2, 0) is 6.42 Å². The van der Waals surface area contributed by atoms with Crippen molar-refractivity contribution in [2.45, 2.75) is 64.8 Å². The molecule has 1 unspecified atom stereocenters. The Labute approximate surface area is 124 Å². The smallest absolute Gasteiger partial charge is 0.212 e. The SMILES string of the molecule is CCCCCCCC(Cc1ccc(OC)nc1)NCC. The normalized spacial score (nSPS) is 12.3. The van der Waals surface area contributed by atoms with Crippen LogP contribution in [0.15, 0.2) is 18.3 Å². The first-order valence-corrected chi connectivity index (χ1v) is 8.02. The van der Waals surface area contributed by atoms with E-state index in [1.807, 2.05) is 12.3 Å². The number of pyridine rings is 1. The molecule has 0 radical (unpaired) electrons. The molecule has 0 aliphatic rings. The summed E-state index contributed by atoms with van der Waals surface area (Å²) in [7, 11) is 1.65. The van der Waals surface area contributed by atoms with E-state index in [1.54, 1.807) is 7.11 Å². The fourth-order valence-electron chi connectivity index (χ4n) is 2.50. The summed E-state index contributed by atoms with van der Waals surface area (Å²) in [5.74, 6) is 0.688. The van der Waals surface area contributed by atoms with Gasteiger partial charge in [-0.1, -0.05) is 52.0 Å². The lowest BCUT2D eigenvalue weighted by molar-refractivity contribution is 0.397. The second kappa shape index (κ2) is 10.7. The van der Waals surface area contributed by atoms with Crippen molar-refractivity contribution in [3.8, 4) is 5.88 Å². The number of hydrogen-bond acceptors (Lipinski definition) is 3. The minimum atomic E-state index is 0.567. The summed E-state index contributed by atoms with van der Waals surface area (Å²) in [4.78, 5) is 4.28. The Hall–Kier alpha value is -1.09. The first kappa shape index (κ1) is 17.0. The molecule has 0 fully saturated rings. The molecule has 0 aliphatic heterocycles. The van der Waals surface area contributed by atoms with E-state index in [4.69, 9.17) is 4.74 Å². The van der Waals surface area contributed by atoms with Crippen molar-refractivity contribution in [3.63, 3.8) is 0 Å². The Bertz CT molecular complexity index is 337. The number of ether oxygens (including phenoxy) is 1. The number of nitrogens with zero attached hydrogens (tertiary/aromatic N) is 1. The van der Waals surface area contributed by atoms with Gasteiger partial charge in [-0.25, -0.2) is 4.98 Å². The molecular formula is C17H30N2O. The zero-order chi connectivity index (χ0) is 14.6. The summed E-state index contributed by atoms with van der Waals surface area (Å²) in [5.41, 5.74) is 1.28. The van der Waals surface area contributed by atoms with Crippen LogP contribution in [0, 0.1) is 0 Å². The van der Waals surface area contributed by atoms with E-state index in [0.29, 0.717) is 11.9 Å².